The first-order valence-electron chi connectivity index (χ1n) is 9.26. The number of rotatable bonds is 4. The van der Waals surface area contributed by atoms with E-state index >= 15 is 0 Å². The lowest BCUT2D eigenvalue weighted by molar-refractivity contribution is -0.133. The van der Waals surface area contributed by atoms with Crippen LogP contribution in [-0.2, 0) is 11.2 Å². The summed E-state index contributed by atoms with van der Waals surface area (Å²) < 4.78 is 11.2. The fourth-order valence-electron chi connectivity index (χ4n) is 4.50. The van der Waals surface area contributed by atoms with Gasteiger partial charge in [-0.2, -0.15) is 0 Å². The summed E-state index contributed by atoms with van der Waals surface area (Å²) in [5.74, 6) is 2.03. The van der Waals surface area contributed by atoms with Gasteiger partial charge in [0.1, 0.15) is 13.2 Å². The fourth-order valence-corrected chi connectivity index (χ4v) is 4.78. The van der Waals surface area contributed by atoms with Gasteiger partial charge in [-0.15, -0.1) is 12.4 Å². The molecule has 0 bridgehead atoms. The van der Waals surface area contributed by atoms with Gasteiger partial charge in [0.25, 0.3) is 0 Å². The number of carbonyl (C=O) groups is 1. The van der Waals surface area contributed by atoms with Crippen LogP contribution in [0.2, 0.25) is 5.02 Å². The molecule has 0 unspecified atom stereocenters. The number of benzene rings is 1. The van der Waals surface area contributed by atoms with Gasteiger partial charge in [0.05, 0.1) is 10.4 Å². The minimum Gasteiger partial charge on any atom is -0.486 e. The summed E-state index contributed by atoms with van der Waals surface area (Å²) >= 11 is 6.28. The van der Waals surface area contributed by atoms with E-state index in [1.807, 2.05) is 12.1 Å². The SMILES string of the molecule is Cl.O=C(NCCc1cc(Cl)c2c(c1)OCCO2)[C@@]12CCCC[C@H]1CNC2. The molecule has 144 valence electrons. The second kappa shape index (κ2) is 8.24. The van der Waals surface area contributed by atoms with Crippen molar-refractivity contribution in [2.45, 2.75) is 32.1 Å². The highest BCUT2D eigenvalue weighted by Gasteiger charge is 2.49. The van der Waals surface area contributed by atoms with E-state index in [9.17, 15) is 4.79 Å². The largest absolute Gasteiger partial charge is 0.486 e. The van der Waals surface area contributed by atoms with Gasteiger partial charge >= 0.3 is 0 Å². The van der Waals surface area contributed by atoms with Crippen molar-refractivity contribution in [1.82, 2.24) is 10.6 Å². The van der Waals surface area contributed by atoms with Crippen LogP contribution in [0.5, 0.6) is 11.5 Å². The van der Waals surface area contributed by atoms with Crippen molar-refractivity contribution in [2.24, 2.45) is 11.3 Å². The van der Waals surface area contributed by atoms with Gasteiger partial charge in [-0.1, -0.05) is 24.4 Å². The first-order chi connectivity index (χ1) is 12.2. The topological polar surface area (TPSA) is 59.6 Å². The van der Waals surface area contributed by atoms with E-state index in [1.165, 1.54) is 6.42 Å². The van der Waals surface area contributed by atoms with Gasteiger partial charge < -0.3 is 20.1 Å². The molecular weight excluding hydrogens is 375 g/mol. The predicted molar refractivity (Wildman–Crippen MR) is 104 cm³/mol. The summed E-state index contributed by atoms with van der Waals surface area (Å²) in [7, 11) is 0. The fraction of sp³-hybridized carbons (Fsp3) is 0.632. The summed E-state index contributed by atoms with van der Waals surface area (Å²) in [6.45, 7) is 3.48. The van der Waals surface area contributed by atoms with E-state index in [2.05, 4.69) is 10.6 Å². The van der Waals surface area contributed by atoms with E-state index in [0.29, 0.717) is 42.2 Å². The first kappa shape index (κ1) is 19.6. The van der Waals surface area contributed by atoms with Gasteiger partial charge in [0, 0.05) is 13.1 Å². The Balaban J connectivity index is 0.00000196. The van der Waals surface area contributed by atoms with Crippen LogP contribution in [0.15, 0.2) is 12.1 Å². The second-order valence-corrected chi connectivity index (χ2v) is 7.74. The van der Waals surface area contributed by atoms with Crippen molar-refractivity contribution in [3.8, 4) is 11.5 Å². The smallest absolute Gasteiger partial charge is 0.227 e. The molecule has 2 N–H and O–H groups in total. The maximum atomic E-state index is 12.9. The van der Waals surface area contributed by atoms with Gasteiger partial charge in [0.15, 0.2) is 11.5 Å². The number of nitrogens with one attached hydrogen (secondary N) is 2. The molecule has 0 aromatic heterocycles. The van der Waals surface area contributed by atoms with E-state index < -0.39 is 0 Å². The molecule has 1 amide bonds. The van der Waals surface area contributed by atoms with Crippen molar-refractivity contribution in [3.63, 3.8) is 0 Å². The Morgan fingerprint density at radius 2 is 2.15 bits per heavy atom. The zero-order valence-corrected chi connectivity index (χ0v) is 16.4. The Morgan fingerprint density at radius 1 is 1.31 bits per heavy atom. The number of carbonyl (C=O) groups excluding carboxylic acids is 1. The highest BCUT2D eigenvalue weighted by Crippen LogP contribution is 2.44. The van der Waals surface area contributed by atoms with Crippen molar-refractivity contribution in [3.05, 3.63) is 22.7 Å². The molecule has 5 nitrogen and oxygen atoms in total. The van der Waals surface area contributed by atoms with E-state index in [-0.39, 0.29) is 23.7 Å². The standard InChI is InChI=1S/C19H25ClN2O3.ClH/c20-15-9-13(10-16-17(15)25-8-7-24-16)4-6-22-18(23)19-5-2-1-3-14(19)11-21-12-19;/h9-10,14,21H,1-8,11-12H2,(H,22,23);1H/t14-,19+;/m0./s1. The van der Waals surface area contributed by atoms with Gasteiger partial charge in [-0.25, -0.2) is 0 Å². The second-order valence-electron chi connectivity index (χ2n) is 7.34. The number of fused-ring (bicyclic) bond motifs is 2. The van der Waals surface area contributed by atoms with Crippen LogP contribution in [0, 0.1) is 11.3 Å². The van der Waals surface area contributed by atoms with Crippen LogP contribution in [0.1, 0.15) is 31.2 Å². The normalized spacial score (nSPS) is 26.6. The van der Waals surface area contributed by atoms with Gasteiger partial charge in [0.2, 0.25) is 5.91 Å². The number of ether oxygens (including phenoxy) is 2. The average Bonchev–Trinajstić information content (AvgIpc) is 3.07. The van der Waals surface area contributed by atoms with E-state index in [1.54, 1.807) is 0 Å². The summed E-state index contributed by atoms with van der Waals surface area (Å²) in [5.41, 5.74) is 0.861. The van der Waals surface area contributed by atoms with Crippen LogP contribution in [0.25, 0.3) is 0 Å². The molecule has 3 aliphatic rings. The zero-order chi connectivity index (χ0) is 17.3. The summed E-state index contributed by atoms with van der Waals surface area (Å²) in [6.07, 6.45) is 5.31. The maximum absolute atomic E-state index is 12.9. The first-order valence-corrected chi connectivity index (χ1v) is 9.64. The Labute approximate surface area is 165 Å². The highest BCUT2D eigenvalue weighted by atomic mass is 35.5. The number of hydrogen-bond acceptors (Lipinski definition) is 4. The van der Waals surface area contributed by atoms with E-state index in [0.717, 1.165) is 44.3 Å². The molecule has 1 aliphatic carbocycles. The Kier molecular flexibility index (Phi) is 6.21. The van der Waals surface area contributed by atoms with Gasteiger partial charge in [-0.3, -0.25) is 4.79 Å². The molecular formula is C19H26Cl2N2O3. The van der Waals surface area contributed by atoms with Crippen molar-refractivity contribution >= 4 is 29.9 Å². The Morgan fingerprint density at radius 3 is 3.04 bits per heavy atom. The maximum Gasteiger partial charge on any atom is 0.227 e. The van der Waals surface area contributed by atoms with Crippen LogP contribution >= 0.6 is 24.0 Å². The third-order valence-corrected chi connectivity index (χ3v) is 6.13. The van der Waals surface area contributed by atoms with Crippen molar-refractivity contribution in [1.29, 1.82) is 0 Å². The lowest BCUT2D eigenvalue weighted by Crippen LogP contribution is -2.48. The summed E-state index contributed by atoms with van der Waals surface area (Å²) in [5, 5.41) is 7.17. The summed E-state index contributed by atoms with van der Waals surface area (Å²) in [6, 6.07) is 3.87. The summed E-state index contributed by atoms with van der Waals surface area (Å²) in [4.78, 5) is 12.9. The lowest BCUT2D eigenvalue weighted by atomic mass is 9.67. The molecule has 7 heteroatoms. The molecule has 26 heavy (non-hydrogen) atoms. The third-order valence-electron chi connectivity index (χ3n) is 5.85. The number of amides is 1. The third kappa shape index (κ3) is 3.62. The number of hydrogen-bond donors (Lipinski definition) is 2. The predicted octanol–water partition coefficient (Wildman–Crippen LogP) is 2.97. The average molecular weight is 401 g/mol. The lowest BCUT2D eigenvalue weighted by Gasteiger charge is -2.37. The monoisotopic (exact) mass is 400 g/mol. The Bertz CT molecular complexity index is 670. The van der Waals surface area contributed by atoms with Crippen molar-refractivity contribution < 1.29 is 14.3 Å². The van der Waals surface area contributed by atoms with Gasteiger partial charge in [-0.05, 0) is 49.4 Å². The zero-order valence-electron chi connectivity index (χ0n) is 14.8. The molecule has 2 heterocycles. The highest BCUT2D eigenvalue weighted by molar-refractivity contribution is 6.32. The van der Waals surface area contributed by atoms with Crippen LogP contribution in [0.4, 0.5) is 0 Å². The minimum atomic E-state index is -0.192. The molecule has 0 spiro atoms. The Hall–Kier alpha value is -1.17. The quantitative estimate of drug-likeness (QED) is 0.815. The molecule has 2 atom stereocenters. The molecule has 4 rings (SSSR count). The molecule has 1 saturated heterocycles. The van der Waals surface area contributed by atoms with Crippen molar-refractivity contribution in [2.75, 3.05) is 32.8 Å². The van der Waals surface area contributed by atoms with E-state index in [4.69, 9.17) is 21.1 Å². The molecule has 1 aromatic carbocycles. The molecule has 1 aromatic rings. The minimum absolute atomic E-state index is 0. The van der Waals surface area contributed by atoms with Crippen LogP contribution in [0.3, 0.4) is 0 Å². The van der Waals surface area contributed by atoms with Crippen LogP contribution in [-0.4, -0.2) is 38.8 Å². The molecule has 2 aliphatic heterocycles. The molecule has 2 fully saturated rings. The van der Waals surface area contributed by atoms with Crippen LogP contribution < -0.4 is 20.1 Å². The molecule has 1 saturated carbocycles. The number of halogens is 2. The molecule has 0 radical (unpaired) electrons.